The van der Waals surface area contributed by atoms with Gasteiger partial charge in [0.25, 0.3) is 5.91 Å². The molecule has 6 heteroatoms. The molecule has 2 amide bonds. The van der Waals surface area contributed by atoms with E-state index in [1.165, 1.54) is 12.8 Å². The molecule has 1 aliphatic rings. The highest BCUT2D eigenvalue weighted by Gasteiger charge is 2.20. The smallest absolute Gasteiger partial charge is 0.257 e. The topological polar surface area (TPSA) is 79.5 Å². The van der Waals surface area contributed by atoms with Crippen LogP contribution in [0, 0.1) is 5.92 Å². The molecule has 3 rings (SSSR count). The second-order valence-corrected chi connectivity index (χ2v) is 6.35. The standard InChI is InChI=1S/C20H23N3O3/c1-26-16-6-4-5-15(11-16)22-20(25)17-7-2-3-8-18(17)23-19(24)13-21-12-14-9-10-14/h2-8,11,14,21H,9-10,12-13H2,1H3,(H,22,25)(H,23,24). The Labute approximate surface area is 152 Å². The highest BCUT2D eigenvalue weighted by molar-refractivity contribution is 6.10. The molecule has 1 saturated carbocycles. The van der Waals surface area contributed by atoms with Gasteiger partial charge in [-0.05, 0) is 49.6 Å². The Morgan fingerprint density at radius 2 is 1.88 bits per heavy atom. The van der Waals surface area contributed by atoms with Crippen molar-refractivity contribution in [1.82, 2.24) is 5.32 Å². The average Bonchev–Trinajstić information content (AvgIpc) is 3.46. The van der Waals surface area contributed by atoms with Crippen LogP contribution in [-0.4, -0.2) is 32.0 Å². The molecule has 1 fully saturated rings. The van der Waals surface area contributed by atoms with Crippen LogP contribution in [0.4, 0.5) is 11.4 Å². The maximum Gasteiger partial charge on any atom is 0.257 e. The van der Waals surface area contributed by atoms with E-state index >= 15 is 0 Å². The summed E-state index contributed by atoms with van der Waals surface area (Å²) in [7, 11) is 1.57. The highest BCUT2D eigenvalue weighted by Crippen LogP contribution is 2.27. The summed E-state index contributed by atoms with van der Waals surface area (Å²) in [5.41, 5.74) is 1.53. The van der Waals surface area contributed by atoms with Crippen molar-refractivity contribution in [3.05, 3.63) is 54.1 Å². The third-order valence-corrected chi connectivity index (χ3v) is 4.19. The lowest BCUT2D eigenvalue weighted by Crippen LogP contribution is -2.30. The maximum absolute atomic E-state index is 12.6. The van der Waals surface area contributed by atoms with Crippen LogP contribution >= 0.6 is 0 Å². The van der Waals surface area contributed by atoms with Crippen molar-refractivity contribution in [2.45, 2.75) is 12.8 Å². The molecule has 0 unspecified atom stereocenters. The number of carbonyl (C=O) groups excluding carboxylic acids is 2. The lowest BCUT2D eigenvalue weighted by Gasteiger charge is -2.12. The van der Waals surface area contributed by atoms with Crippen LogP contribution in [0.1, 0.15) is 23.2 Å². The van der Waals surface area contributed by atoms with Crippen LogP contribution < -0.4 is 20.7 Å². The van der Waals surface area contributed by atoms with Crippen molar-refractivity contribution in [2.24, 2.45) is 5.92 Å². The third-order valence-electron chi connectivity index (χ3n) is 4.19. The monoisotopic (exact) mass is 353 g/mol. The zero-order valence-electron chi connectivity index (χ0n) is 14.7. The molecule has 0 atom stereocenters. The van der Waals surface area contributed by atoms with Gasteiger partial charge < -0.3 is 20.7 Å². The molecule has 0 bridgehead atoms. The number of benzene rings is 2. The minimum Gasteiger partial charge on any atom is -0.497 e. The number of anilines is 2. The van der Waals surface area contributed by atoms with Crippen molar-refractivity contribution in [2.75, 3.05) is 30.8 Å². The SMILES string of the molecule is COc1cccc(NC(=O)c2ccccc2NC(=O)CNCC2CC2)c1. The molecule has 0 saturated heterocycles. The van der Waals surface area contributed by atoms with Crippen LogP contribution in [0.5, 0.6) is 5.75 Å². The van der Waals surface area contributed by atoms with Gasteiger partial charge in [-0.3, -0.25) is 9.59 Å². The minimum absolute atomic E-state index is 0.160. The Morgan fingerprint density at radius 3 is 2.65 bits per heavy atom. The predicted molar refractivity (Wildman–Crippen MR) is 102 cm³/mol. The number of amides is 2. The summed E-state index contributed by atoms with van der Waals surface area (Å²) in [6.07, 6.45) is 2.48. The molecule has 0 spiro atoms. The Balaban J connectivity index is 1.63. The predicted octanol–water partition coefficient (Wildman–Crippen LogP) is 2.89. The number of hydrogen-bond donors (Lipinski definition) is 3. The van der Waals surface area contributed by atoms with E-state index < -0.39 is 0 Å². The summed E-state index contributed by atoms with van der Waals surface area (Å²) in [6.45, 7) is 1.10. The van der Waals surface area contributed by atoms with Gasteiger partial charge in [0.05, 0.1) is 24.9 Å². The Morgan fingerprint density at radius 1 is 1.08 bits per heavy atom. The van der Waals surface area contributed by atoms with Gasteiger partial charge in [-0.25, -0.2) is 0 Å². The zero-order chi connectivity index (χ0) is 18.4. The van der Waals surface area contributed by atoms with Crippen molar-refractivity contribution in [3.63, 3.8) is 0 Å². The van der Waals surface area contributed by atoms with Gasteiger partial charge in [0.15, 0.2) is 0 Å². The van der Waals surface area contributed by atoms with Gasteiger partial charge in [0.2, 0.25) is 5.91 Å². The number of rotatable bonds is 8. The fraction of sp³-hybridized carbons (Fsp3) is 0.300. The summed E-state index contributed by atoms with van der Waals surface area (Å²) >= 11 is 0. The molecule has 2 aromatic carbocycles. The summed E-state index contributed by atoms with van der Waals surface area (Å²) in [5, 5.41) is 8.78. The Kier molecular flexibility index (Phi) is 5.86. The second kappa shape index (κ2) is 8.49. The van der Waals surface area contributed by atoms with E-state index in [-0.39, 0.29) is 18.4 Å². The van der Waals surface area contributed by atoms with Gasteiger partial charge in [-0.2, -0.15) is 0 Å². The van der Waals surface area contributed by atoms with Crippen molar-refractivity contribution < 1.29 is 14.3 Å². The maximum atomic E-state index is 12.6. The second-order valence-electron chi connectivity index (χ2n) is 6.35. The molecule has 3 N–H and O–H groups in total. The Hall–Kier alpha value is -2.86. The zero-order valence-corrected chi connectivity index (χ0v) is 14.7. The number of methoxy groups -OCH3 is 1. The van der Waals surface area contributed by atoms with Crippen LogP contribution in [0.3, 0.4) is 0 Å². The van der Waals surface area contributed by atoms with Crippen LogP contribution in [0.15, 0.2) is 48.5 Å². The van der Waals surface area contributed by atoms with E-state index in [9.17, 15) is 9.59 Å². The van der Waals surface area contributed by atoms with E-state index in [1.54, 1.807) is 55.6 Å². The fourth-order valence-corrected chi connectivity index (χ4v) is 2.60. The normalized spacial score (nSPS) is 13.1. The molecule has 0 heterocycles. The average molecular weight is 353 g/mol. The molecule has 2 aromatic rings. The van der Waals surface area contributed by atoms with Crippen LogP contribution in [0.25, 0.3) is 0 Å². The first-order chi connectivity index (χ1) is 12.7. The van der Waals surface area contributed by atoms with Crippen LogP contribution in [0.2, 0.25) is 0 Å². The highest BCUT2D eigenvalue weighted by atomic mass is 16.5. The van der Waals surface area contributed by atoms with Gasteiger partial charge in [0.1, 0.15) is 5.75 Å². The summed E-state index contributed by atoms with van der Waals surface area (Å²) < 4.78 is 5.16. The van der Waals surface area contributed by atoms with Gasteiger partial charge in [-0.1, -0.05) is 18.2 Å². The number of nitrogens with one attached hydrogen (secondary N) is 3. The quantitative estimate of drug-likeness (QED) is 0.682. The lowest BCUT2D eigenvalue weighted by atomic mass is 10.1. The van der Waals surface area contributed by atoms with Gasteiger partial charge >= 0.3 is 0 Å². The van der Waals surface area contributed by atoms with Crippen molar-refractivity contribution >= 4 is 23.2 Å². The first kappa shape index (κ1) is 17.9. The van der Waals surface area contributed by atoms with E-state index in [4.69, 9.17) is 4.74 Å². The molecule has 0 radical (unpaired) electrons. The fourth-order valence-electron chi connectivity index (χ4n) is 2.60. The van der Waals surface area contributed by atoms with Crippen molar-refractivity contribution in [1.29, 1.82) is 0 Å². The largest absolute Gasteiger partial charge is 0.497 e. The van der Waals surface area contributed by atoms with E-state index in [2.05, 4.69) is 16.0 Å². The Bertz CT molecular complexity index is 787. The molecular formula is C20H23N3O3. The van der Waals surface area contributed by atoms with Crippen molar-refractivity contribution in [3.8, 4) is 5.75 Å². The third kappa shape index (κ3) is 5.07. The first-order valence-corrected chi connectivity index (χ1v) is 8.70. The van der Waals surface area contributed by atoms with Gasteiger partial charge in [0, 0.05) is 11.8 Å². The molecule has 26 heavy (non-hydrogen) atoms. The molecule has 6 nitrogen and oxygen atoms in total. The van der Waals surface area contributed by atoms with Gasteiger partial charge in [-0.15, -0.1) is 0 Å². The molecular weight excluding hydrogens is 330 g/mol. The van der Waals surface area contributed by atoms with E-state index in [0.717, 1.165) is 6.54 Å². The molecule has 1 aliphatic carbocycles. The molecule has 0 aliphatic heterocycles. The molecule has 0 aromatic heterocycles. The lowest BCUT2D eigenvalue weighted by molar-refractivity contribution is -0.115. The summed E-state index contributed by atoms with van der Waals surface area (Å²) in [5.74, 6) is 0.919. The number of para-hydroxylation sites is 1. The number of hydrogen-bond acceptors (Lipinski definition) is 4. The summed E-state index contributed by atoms with van der Waals surface area (Å²) in [4.78, 5) is 24.7. The first-order valence-electron chi connectivity index (χ1n) is 8.70. The molecule has 136 valence electrons. The number of ether oxygens (including phenoxy) is 1. The summed E-state index contributed by atoms with van der Waals surface area (Å²) in [6, 6.07) is 14.1. The van der Waals surface area contributed by atoms with E-state index in [0.29, 0.717) is 28.6 Å². The van der Waals surface area contributed by atoms with E-state index in [1.807, 2.05) is 0 Å². The minimum atomic E-state index is -0.292. The number of carbonyl (C=O) groups is 2. The van der Waals surface area contributed by atoms with Crippen LogP contribution in [-0.2, 0) is 4.79 Å².